The van der Waals surface area contributed by atoms with E-state index in [-0.39, 0.29) is 34.7 Å². The number of hydrogen-bond donors (Lipinski definition) is 0. The Kier molecular flexibility index (Phi) is 9.89. The van der Waals surface area contributed by atoms with Gasteiger partial charge in [0.25, 0.3) is 0 Å². The summed E-state index contributed by atoms with van der Waals surface area (Å²) in [5, 5.41) is 0. The molecule has 0 bridgehead atoms. The van der Waals surface area contributed by atoms with Gasteiger partial charge in [-0.05, 0) is 61.1 Å². The minimum absolute atomic E-state index is 0. The molecular formula is C20H28IS+. The normalized spacial score (nSPS) is 10.3. The summed E-state index contributed by atoms with van der Waals surface area (Å²) >= 11 is -0.0240. The molecule has 22 heavy (non-hydrogen) atoms. The van der Waals surface area contributed by atoms with Crippen LogP contribution >= 0.6 is 13.5 Å². The number of hydrogen-bond acceptors (Lipinski definition) is 0. The van der Waals surface area contributed by atoms with Crippen molar-refractivity contribution in [1.29, 1.82) is 0 Å². The van der Waals surface area contributed by atoms with Gasteiger partial charge in [-0.15, -0.1) is 0 Å². The lowest BCUT2D eigenvalue weighted by Gasteiger charge is -1.99. The van der Waals surface area contributed by atoms with E-state index in [0.29, 0.717) is 0 Å². The Hall–Kier alpha value is -0.480. The van der Waals surface area contributed by atoms with Crippen molar-refractivity contribution in [1.82, 2.24) is 0 Å². The second kappa shape index (κ2) is 11.1. The second-order valence-corrected chi connectivity index (χ2v) is 8.59. The highest BCUT2D eigenvalue weighted by atomic mass is 127. The van der Waals surface area contributed by atoms with Gasteiger partial charge in [-0.1, -0.05) is 51.0 Å². The van der Waals surface area contributed by atoms with Crippen LogP contribution < -0.4 is 21.2 Å². The Morgan fingerprint density at radius 2 is 1.00 bits per heavy atom. The molecule has 0 atom stereocenters. The van der Waals surface area contributed by atoms with Crippen LogP contribution in [0.2, 0.25) is 0 Å². The summed E-state index contributed by atoms with van der Waals surface area (Å²) < 4.78 is 3.05. The van der Waals surface area contributed by atoms with E-state index in [1.54, 1.807) is 0 Å². The smallest absolute Gasteiger partial charge is 0.197 e. The Labute approximate surface area is 153 Å². The van der Waals surface area contributed by atoms with Gasteiger partial charge < -0.3 is 0 Å². The van der Waals surface area contributed by atoms with Gasteiger partial charge in [0.15, 0.2) is 7.14 Å². The predicted octanol–water partition coefficient (Wildman–Crippen LogP) is 2.61. The molecule has 0 saturated heterocycles. The highest BCUT2D eigenvalue weighted by Crippen LogP contribution is 2.05. The fraction of sp³-hybridized carbons (Fsp3) is 0.400. The highest BCUT2D eigenvalue weighted by molar-refractivity contribution is 7.59. The Bertz CT molecular complexity index is 467. The van der Waals surface area contributed by atoms with Gasteiger partial charge in [-0.3, -0.25) is 0 Å². The van der Waals surface area contributed by atoms with Crippen molar-refractivity contribution in [3.63, 3.8) is 0 Å². The molecule has 0 spiro atoms. The standard InChI is InChI=1S/C20H26I.H2S/c1-3-5-7-17-9-13-19(14-10-17)21-20-15-11-18(12-16-20)8-6-4-2;/h9-16H,3-8H2,1-2H3;1H2/q+1;. The van der Waals surface area contributed by atoms with Crippen LogP contribution in [-0.2, 0) is 12.8 Å². The lowest BCUT2D eigenvalue weighted by atomic mass is 10.1. The fourth-order valence-corrected chi connectivity index (χ4v) is 4.47. The summed E-state index contributed by atoms with van der Waals surface area (Å²) in [5.74, 6) is 0. The van der Waals surface area contributed by atoms with Crippen molar-refractivity contribution in [2.24, 2.45) is 0 Å². The van der Waals surface area contributed by atoms with Gasteiger partial charge in [0.05, 0.1) is 0 Å². The van der Waals surface area contributed by atoms with Gasteiger partial charge in [0, 0.05) is 0 Å². The van der Waals surface area contributed by atoms with Crippen LogP contribution in [0.25, 0.3) is 0 Å². The third-order valence-corrected chi connectivity index (χ3v) is 6.37. The maximum Gasteiger partial charge on any atom is 0.357 e. The summed E-state index contributed by atoms with van der Waals surface area (Å²) in [6.45, 7) is 4.51. The minimum Gasteiger partial charge on any atom is -0.197 e. The molecule has 0 aliphatic rings. The average Bonchev–Trinajstić information content (AvgIpc) is 2.53. The molecule has 0 aliphatic heterocycles. The molecule has 0 nitrogen and oxygen atoms in total. The number of benzene rings is 2. The van der Waals surface area contributed by atoms with Gasteiger partial charge in [-0.25, -0.2) is 0 Å². The summed E-state index contributed by atoms with van der Waals surface area (Å²) in [6.07, 6.45) is 7.60. The van der Waals surface area contributed by atoms with Crippen LogP contribution in [0.1, 0.15) is 50.7 Å². The largest absolute Gasteiger partial charge is 0.357 e. The molecule has 0 aliphatic carbocycles. The molecule has 0 fully saturated rings. The van der Waals surface area contributed by atoms with Gasteiger partial charge >= 0.3 is 21.2 Å². The van der Waals surface area contributed by atoms with E-state index in [0.717, 1.165) is 0 Å². The van der Waals surface area contributed by atoms with E-state index in [2.05, 4.69) is 62.4 Å². The third-order valence-electron chi connectivity index (χ3n) is 3.68. The van der Waals surface area contributed by atoms with Crippen LogP contribution in [-0.4, -0.2) is 0 Å². The predicted molar refractivity (Wildman–Crippen MR) is 97.9 cm³/mol. The summed E-state index contributed by atoms with van der Waals surface area (Å²) in [6, 6.07) is 18.6. The minimum atomic E-state index is -0.0240. The fourth-order valence-electron chi connectivity index (χ4n) is 2.32. The first-order valence-electron chi connectivity index (χ1n) is 8.14. The first kappa shape index (κ1) is 19.6. The summed E-state index contributed by atoms with van der Waals surface area (Å²) in [5.41, 5.74) is 2.97. The van der Waals surface area contributed by atoms with E-state index < -0.39 is 0 Å². The van der Waals surface area contributed by atoms with Crippen molar-refractivity contribution >= 4 is 13.5 Å². The molecule has 2 aromatic rings. The van der Waals surface area contributed by atoms with Crippen LogP contribution in [0.5, 0.6) is 0 Å². The second-order valence-electron chi connectivity index (χ2n) is 5.55. The average molecular weight is 427 g/mol. The van der Waals surface area contributed by atoms with E-state index in [1.165, 1.54) is 56.8 Å². The molecule has 2 rings (SSSR count). The van der Waals surface area contributed by atoms with Crippen molar-refractivity contribution in [2.75, 3.05) is 0 Å². The lowest BCUT2D eigenvalue weighted by molar-refractivity contribution is -0.597. The maximum atomic E-state index is 2.34. The number of halogens is 1. The van der Waals surface area contributed by atoms with Crippen LogP contribution in [0.15, 0.2) is 48.5 Å². The SMILES string of the molecule is CCCCc1ccc([I+]c2ccc(CCCC)cc2)cc1.S. The molecule has 0 aromatic heterocycles. The highest BCUT2D eigenvalue weighted by Gasteiger charge is 2.14. The Morgan fingerprint density at radius 1 is 0.636 bits per heavy atom. The van der Waals surface area contributed by atoms with E-state index in [1.807, 2.05) is 0 Å². The van der Waals surface area contributed by atoms with E-state index in [9.17, 15) is 0 Å². The van der Waals surface area contributed by atoms with Crippen LogP contribution in [0.4, 0.5) is 0 Å². The number of rotatable bonds is 8. The molecule has 0 unspecified atom stereocenters. The van der Waals surface area contributed by atoms with Crippen LogP contribution in [0.3, 0.4) is 0 Å². The summed E-state index contributed by atoms with van der Waals surface area (Å²) in [7, 11) is 0. The monoisotopic (exact) mass is 427 g/mol. The molecule has 0 amide bonds. The molecule has 0 N–H and O–H groups in total. The van der Waals surface area contributed by atoms with Crippen molar-refractivity contribution < 1.29 is 21.2 Å². The van der Waals surface area contributed by atoms with Gasteiger partial charge in [0.2, 0.25) is 0 Å². The molecule has 0 heterocycles. The van der Waals surface area contributed by atoms with Gasteiger partial charge in [0.1, 0.15) is 0 Å². The van der Waals surface area contributed by atoms with Gasteiger partial charge in [-0.2, -0.15) is 13.5 Å². The van der Waals surface area contributed by atoms with Crippen molar-refractivity contribution in [2.45, 2.75) is 52.4 Å². The summed E-state index contributed by atoms with van der Waals surface area (Å²) in [4.78, 5) is 0. The quantitative estimate of drug-likeness (QED) is 0.569. The topological polar surface area (TPSA) is 0 Å². The van der Waals surface area contributed by atoms with Crippen molar-refractivity contribution in [3.05, 3.63) is 66.8 Å². The molecular weight excluding hydrogens is 399 g/mol. The first-order valence-corrected chi connectivity index (χ1v) is 10.3. The third kappa shape index (κ3) is 6.74. The Morgan fingerprint density at radius 3 is 1.32 bits per heavy atom. The molecule has 2 heteroatoms. The first-order chi connectivity index (χ1) is 10.3. The zero-order valence-electron chi connectivity index (χ0n) is 13.7. The lowest BCUT2D eigenvalue weighted by Crippen LogP contribution is -3.61. The van der Waals surface area contributed by atoms with Crippen LogP contribution in [0, 0.1) is 7.14 Å². The maximum absolute atomic E-state index is 2.34. The zero-order chi connectivity index (χ0) is 14.9. The number of unbranched alkanes of at least 4 members (excludes halogenated alkanes) is 2. The number of aryl methyl sites for hydroxylation is 2. The molecule has 2 aromatic carbocycles. The molecule has 0 radical (unpaired) electrons. The van der Waals surface area contributed by atoms with E-state index >= 15 is 0 Å². The zero-order valence-corrected chi connectivity index (χ0v) is 16.9. The Balaban J connectivity index is 0.00000242. The molecule has 120 valence electrons. The van der Waals surface area contributed by atoms with Crippen molar-refractivity contribution in [3.8, 4) is 0 Å². The molecule has 0 saturated carbocycles. The van der Waals surface area contributed by atoms with E-state index in [4.69, 9.17) is 0 Å².